The van der Waals surface area contributed by atoms with Gasteiger partial charge in [0.15, 0.2) is 0 Å². The molecule has 0 radical (unpaired) electrons. The van der Waals surface area contributed by atoms with Crippen molar-refractivity contribution in [1.29, 1.82) is 0 Å². The molecular weight excluding hydrogens is 346 g/mol. The molecule has 27 heavy (non-hydrogen) atoms. The zero-order chi connectivity index (χ0) is 19.6. The van der Waals surface area contributed by atoms with Crippen LogP contribution in [0.2, 0.25) is 0 Å². The summed E-state index contributed by atoms with van der Waals surface area (Å²) in [5.74, 6) is 0.216. The third-order valence-corrected chi connectivity index (χ3v) is 4.32. The number of benzene rings is 2. The Morgan fingerprint density at radius 3 is 2.48 bits per heavy atom. The maximum Gasteiger partial charge on any atom is 0.282 e. The minimum Gasteiger partial charge on any atom is -0.492 e. The number of nitro benzene ring substituents is 1. The average Bonchev–Trinajstić information content (AvgIpc) is 2.70. The predicted molar refractivity (Wildman–Crippen MR) is 104 cm³/mol. The number of carbonyl (C=O) groups is 1. The summed E-state index contributed by atoms with van der Waals surface area (Å²) in [6.07, 6.45) is 0. The van der Waals surface area contributed by atoms with E-state index in [9.17, 15) is 14.9 Å². The summed E-state index contributed by atoms with van der Waals surface area (Å²) in [5.41, 5.74) is 0.658. The van der Waals surface area contributed by atoms with Gasteiger partial charge in [0.05, 0.1) is 4.92 Å². The Labute approximate surface area is 159 Å². The molecule has 2 aromatic rings. The fourth-order valence-electron chi connectivity index (χ4n) is 2.71. The first-order valence-electron chi connectivity index (χ1n) is 9.01. The lowest BCUT2D eigenvalue weighted by Crippen LogP contribution is -2.28. The SMILES string of the molecule is CCN(CC)CCOc1ccccc1CNC(=O)c1ccccc1[N+](=O)[O-]. The summed E-state index contributed by atoms with van der Waals surface area (Å²) in [4.78, 5) is 25.2. The number of ether oxygens (including phenoxy) is 1. The van der Waals surface area contributed by atoms with Crippen molar-refractivity contribution in [1.82, 2.24) is 10.2 Å². The van der Waals surface area contributed by atoms with Crippen LogP contribution in [0.15, 0.2) is 48.5 Å². The molecular formula is C20H25N3O4. The van der Waals surface area contributed by atoms with E-state index in [1.807, 2.05) is 24.3 Å². The molecule has 7 nitrogen and oxygen atoms in total. The van der Waals surface area contributed by atoms with Crippen LogP contribution in [0.25, 0.3) is 0 Å². The molecule has 0 aliphatic carbocycles. The number of para-hydroxylation sites is 2. The van der Waals surface area contributed by atoms with Crippen molar-refractivity contribution in [3.63, 3.8) is 0 Å². The van der Waals surface area contributed by atoms with E-state index in [4.69, 9.17) is 4.74 Å². The molecule has 0 atom stereocenters. The van der Waals surface area contributed by atoms with E-state index < -0.39 is 10.8 Å². The molecule has 0 saturated carbocycles. The summed E-state index contributed by atoms with van der Waals surface area (Å²) in [7, 11) is 0. The van der Waals surface area contributed by atoms with Gasteiger partial charge in [0.2, 0.25) is 0 Å². The number of hydrogen-bond donors (Lipinski definition) is 1. The van der Waals surface area contributed by atoms with Crippen molar-refractivity contribution in [3.05, 3.63) is 69.8 Å². The highest BCUT2D eigenvalue weighted by atomic mass is 16.6. The van der Waals surface area contributed by atoms with Gasteiger partial charge >= 0.3 is 0 Å². The first kappa shape index (κ1) is 20.4. The number of amides is 1. The van der Waals surface area contributed by atoms with Crippen LogP contribution in [0.4, 0.5) is 5.69 Å². The maximum atomic E-state index is 12.4. The number of nitro groups is 1. The fraction of sp³-hybridized carbons (Fsp3) is 0.350. The van der Waals surface area contributed by atoms with Crippen molar-refractivity contribution in [2.45, 2.75) is 20.4 Å². The highest BCUT2D eigenvalue weighted by molar-refractivity contribution is 5.98. The fourth-order valence-corrected chi connectivity index (χ4v) is 2.71. The van der Waals surface area contributed by atoms with Crippen molar-refractivity contribution in [2.75, 3.05) is 26.2 Å². The molecule has 0 spiro atoms. The second-order valence-corrected chi connectivity index (χ2v) is 5.94. The maximum absolute atomic E-state index is 12.4. The molecule has 2 rings (SSSR count). The third kappa shape index (κ3) is 5.79. The van der Waals surface area contributed by atoms with Gasteiger partial charge in [0.25, 0.3) is 11.6 Å². The van der Waals surface area contributed by atoms with Crippen LogP contribution >= 0.6 is 0 Å². The Morgan fingerprint density at radius 1 is 1.11 bits per heavy atom. The first-order chi connectivity index (χ1) is 13.1. The summed E-state index contributed by atoms with van der Waals surface area (Å²) in [6.45, 7) is 7.75. The molecule has 0 aliphatic rings. The second-order valence-electron chi connectivity index (χ2n) is 5.94. The van der Waals surface area contributed by atoms with Crippen molar-refractivity contribution in [3.8, 4) is 5.75 Å². The lowest BCUT2D eigenvalue weighted by Gasteiger charge is -2.19. The number of carbonyl (C=O) groups excluding carboxylic acids is 1. The van der Waals surface area contributed by atoms with E-state index in [2.05, 4.69) is 24.1 Å². The molecule has 0 unspecified atom stereocenters. The van der Waals surface area contributed by atoms with E-state index in [1.54, 1.807) is 6.07 Å². The van der Waals surface area contributed by atoms with Crippen LogP contribution in [0.3, 0.4) is 0 Å². The van der Waals surface area contributed by atoms with Gasteiger partial charge in [-0.15, -0.1) is 0 Å². The molecule has 2 aromatic carbocycles. The van der Waals surface area contributed by atoms with Gasteiger partial charge in [-0.2, -0.15) is 0 Å². The number of rotatable bonds is 10. The smallest absolute Gasteiger partial charge is 0.282 e. The van der Waals surface area contributed by atoms with Crippen LogP contribution in [-0.2, 0) is 6.54 Å². The number of nitrogens with zero attached hydrogens (tertiary/aromatic N) is 2. The zero-order valence-corrected chi connectivity index (χ0v) is 15.7. The van der Waals surface area contributed by atoms with E-state index in [0.717, 1.165) is 25.2 Å². The molecule has 7 heteroatoms. The largest absolute Gasteiger partial charge is 0.492 e. The van der Waals surface area contributed by atoms with E-state index in [0.29, 0.717) is 12.4 Å². The van der Waals surface area contributed by atoms with Crippen LogP contribution in [0, 0.1) is 10.1 Å². The lowest BCUT2D eigenvalue weighted by molar-refractivity contribution is -0.385. The molecule has 144 valence electrons. The zero-order valence-electron chi connectivity index (χ0n) is 15.7. The van der Waals surface area contributed by atoms with E-state index in [1.165, 1.54) is 18.2 Å². The molecule has 0 fully saturated rings. The van der Waals surface area contributed by atoms with Crippen molar-refractivity contribution < 1.29 is 14.5 Å². The molecule has 0 aromatic heterocycles. The molecule has 1 N–H and O–H groups in total. The highest BCUT2D eigenvalue weighted by Gasteiger charge is 2.19. The molecule has 1 amide bonds. The average molecular weight is 371 g/mol. The van der Waals surface area contributed by atoms with Gasteiger partial charge in [-0.1, -0.05) is 44.2 Å². The minimum absolute atomic E-state index is 0.0439. The number of likely N-dealkylation sites (N-methyl/N-ethyl adjacent to an activating group) is 1. The Kier molecular flexibility index (Phi) is 7.76. The summed E-state index contributed by atoms with van der Waals surface area (Å²) in [5, 5.41) is 13.8. The standard InChI is InChI=1S/C20H25N3O4/c1-3-22(4-2)13-14-27-19-12-8-5-9-16(19)15-21-20(24)17-10-6-7-11-18(17)23(25)26/h5-12H,3-4,13-15H2,1-2H3,(H,21,24). The third-order valence-electron chi connectivity index (χ3n) is 4.32. The first-order valence-corrected chi connectivity index (χ1v) is 9.01. The van der Waals surface area contributed by atoms with Gasteiger partial charge < -0.3 is 15.0 Å². The van der Waals surface area contributed by atoms with E-state index >= 15 is 0 Å². The molecule has 0 heterocycles. The van der Waals surface area contributed by atoms with Gasteiger partial charge in [-0.25, -0.2) is 0 Å². The lowest BCUT2D eigenvalue weighted by atomic mass is 10.1. The minimum atomic E-state index is -0.556. The van der Waals surface area contributed by atoms with Crippen LogP contribution < -0.4 is 10.1 Å². The second kappa shape index (κ2) is 10.3. The van der Waals surface area contributed by atoms with Crippen LogP contribution in [-0.4, -0.2) is 42.0 Å². The molecule has 0 aliphatic heterocycles. The van der Waals surface area contributed by atoms with Gasteiger partial charge in [-0.05, 0) is 25.2 Å². The van der Waals surface area contributed by atoms with Gasteiger partial charge in [0, 0.05) is 24.7 Å². The summed E-state index contributed by atoms with van der Waals surface area (Å²) >= 11 is 0. The molecule has 0 saturated heterocycles. The van der Waals surface area contributed by atoms with E-state index in [-0.39, 0.29) is 17.8 Å². The Hall–Kier alpha value is -2.93. The number of hydrogen-bond acceptors (Lipinski definition) is 5. The van der Waals surface area contributed by atoms with Crippen molar-refractivity contribution >= 4 is 11.6 Å². The Bertz CT molecular complexity index is 775. The highest BCUT2D eigenvalue weighted by Crippen LogP contribution is 2.20. The van der Waals surface area contributed by atoms with Crippen LogP contribution in [0.1, 0.15) is 29.8 Å². The summed E-state index contributed by atoms with van der Waals surface area (Å²) in [6, 6.07) is 13.4. The Morgan fingerprint density at radius 2 is 1.78 bits per heavy atom. The number of nitrogens with one attached hydrogen (secondary N) is 1. The van der Waals surface area contributed by atoms with Gasteiger partial charge in [-0.3, -0.25) is 14.9 Å². The normalized spacial score (nSPS) is 10.6. The molecule has 0 bridgehead atoms. The quantitative estimate of drug-likeness (QED) is 0.512. The Balaban J connectivity index is 2.00. The van der Waals surface area contributed by atoms with Gasteiger partial charge in [0.1, 0.15) is 17.9 Å². The van der Waals surface area contributed by atoms with Crippen LogP contribution in [0.5, 0.6) is 5.75 Å². The topological polar surface area (TPSA) is 84.7 Å². The monoisotopic (exact) mass is 371 g/mol. The predicted octanol–water partition coefficient (Wildman–Crippen LogP) is 3.25. The van der Waals surface area contributed by atoms with Crippen molar-refractivity contribution in [2.24, 2.45) is 0 Å². The summed E-state index contributed by atoms with van der Waals surface area (Å²) < 4.78 is 5.87.